The molecule has 0 unspecified atom stereocenters. The van der Waals surface area contributed by atoms with Crippen molar-refractivity contribution in [2.45, 2.75) is 0 Å². The zero-order valence-electron chi connectivity index (χ0n) is 39.5. The Balaban J connectivity index is 0.925. The van der Waals surface area contributed by atoms with Crippen LogP contribution in [0.15, 0.2) is 279 Å². The number of hydrogen-bond acceptors (Lipinski definition) is 1. The van der Waals surface area contributed by atoms with Gasteiger partial charge in [0.15, 0.2) is 0 Å². The van der Waals surface area contributed by atoms with Crippen molar-refractivity contribution in [2.24, 2.45) is 0 Å². The van der Waals surface area contributed by atoms with Crippen molar-refractivity contribution in [3.63, 3.8) is 0 Å². The van der Waals surface area contributed by atoms with E-state index in [0.29, 0.717) is 0 Å². The fraction of sp³-hybridized carbons (Fsp3) is 0. The number of nitrogens with zero attached hydrogens (tertiary/aromatic N) is 2. The maximum Gasteiger partial charge on any atom is 0.0541 e. The SMILES string of the molecule is c1ccc(-c2ccc3c(c2)c2cc(-c4ccccc4)ccc2n3-c2ccc(N(c3ccccc3)c3ccc(-c4c5ccccc5c(-c5ccc6ccccc6c5)c5ccccc45)c4ccccc34)cc2)cc1. The number of para-hydroxylation sites is 1. The van der Waals surface area contributed by atoms with Crippen molar-refractivity contribution in [1.82, 2.24) is 4.57 Å². The summed E-state index contributed by atoms with van der Waals surface area (Å²) in [5, 5.41) is 12.3. The third kappa shape index (κ3) is 6.88. The molecule has 0 bridgehead atoms. The third-order valence-corrected chi connectivity index (χ3v) is 14.7. The largest absolute Gasteiger partial charge is 0.310 e. The van der Waals surface area contributed by atoms with Crippen LogP contribution in [0.25, 0.3) is 115 Å². The molecular weight excluding hydrogens is 869 g/mol. The summed E-state index contributed by atoms with van der Waals surface area (Å²) in [5.74, 6) is 0. The van der Waals surface area contributed by atoms with Gasteiger partial charge in [-0.15, -0.1) is 0 Å². The molecule has 1 heterocycles. The fourth-order valence-corrected chi connectivity index (χ4v) is 11.4. The third-order valence-electron chi connectivity index (χ3n) is 14.7. The van der Waals surface area contributed by atoms with E-state index in [9.17, 15) is 0 Å². The molecule has 14 rings (SSSR count). The highest BCUT2D eigenvalue weighted by Gasteiger charge is 2.22. The summed E-state index contributed by atoms with van der Waals surface area (Å²) in [6.07, 6.45) is 0. The molecule has 0 saturated carbocycles. The highest BCUT2D eigenvalue weighted by atomic mass is 15.1. The summed E-state index contributed by atoms with van der Waals surface area (Å²) < 4.78 is 2.43. The van der Waals surface area contributed by atoms with Crippen LogP contribution in [-0.2, 0) is 0 Å². The van der Waals surface area contributed by atoms with E-state index in [0.717, 1.165) is 22.7 Å². The second kappa shape index (κ2) is 17.2. The Morgan fingerprint density at radius 2 is 0.708 bits per heavy atom. The van der Waals surface area contributed by atoms with Gasteiger partial charge in [-0.3, -0.25) is 0 Å². The molecule has 0 N–H and O–H groups in total. The standard InChI is InChI=1S/C70H46N2/c1-4-18-47(19-5-1)51-34-41-67-64(45-51)65-46-52(48-20-6-2-7-21-48)35-42-68(65)72(67)56-38-36-55(37-39-56)71(54-24-8-3-9-25-54)66-43-40-63(57-26-12-13-27-58(57)66)70-61-30-16-14-28-59(61)69(60-29-15-17-31-62(60)70)53-33-32-49-22-10-11-23-50(49)44-53/h1-46H. The molecule has 0 amide bonds. The summed E-state index contributed by atoms with van der Waals surface area (Å²) in [6, 6.07) is 102. The van der Waals surface area contributed by atoms with Crippen molar-refractivity contribution >= 4 is 82.0 Å². The van der Waals surface area contributed by atoms with Crippen LogP contribution in [0.5, 0.6) is 0 Å². The molecule has 0 aliphatic heterocycles. The van der Waals surface area contributed by atoms with Crippen molar-refractivity contribution in [3.05, 3.63) is 279 Å². The second-order valence-corrected chi connectivity index (χ2v) is 18.8. The van der Waals surface area contributed by atoms with Gasteiger partial charge in [-0.2, -0.15) is 0 Å². The summed E-state index contributed by atoms with van der Waals surface area (Å²) in [4.78, 5) is 2.42. The maximum atomic E-state index is 2.43. The van der Waals surface area contributed by atoms with E-state index in [1.165, 1.54) is 109 Å². The van der Waals surface area contributed by atoms with Gasteiger partial charge in [0.1, 0.15) is 0 Å². The van der Waals surface area contributed by atoms with Gasteiger partial charge >= 0.3 is 0 Å². The van der Waals surface area contributed by atoms with Gasteiger partial charge in [0.25, 0.3) is 0 Å². The molecule has 0 aliphatic rings. The normalized spacial score (nSPS) is 11.6. The number of hydrogen-bond donors (Lipinski definition) is 0. The number of rotatable bonds is 8. The smallest absolute Gasteiger partial charge is 0.0541 e. The molecule has 0 atom stereocenters. The topological polar surface area (TPSA) is 8.17 Å². The molecule has 72 heavy (non-hydrogen) atoms. The minimum absolute atomic E-state index is 1.08. The number of anilines is 3. The quantitative estimate of drug-likeness (QED) is 0.138. The molecule has 0 spiro atoms. The number of aromatic nitrogens is 1. The Kier molecular flexibility index (Phi) is 9.89. The average Bonchev–Trinajstić information content (AvgIpc) is 3.78. The lowest BCUT2D eigenvalue weighted by Crippen LogP contribution is -2.10. The van der Waals surface area contributed by atoms with Crippen LogP contribution in [0.4, 0.5) is 17.1 Å². The van der Waals surface area contributed by atoms with E-state index in [4.69, 9.17) is 0 Å². The van der Waals surface area contributed by atoms with E-state index >= 15 is 0 Å². The molecule has 336 valence electrons. The molecule has 2 nitrogen and oxygen atoms in total. The Labute approximate surface area is 418 Å². The van der Waals surface area contributed by atoms with Gasteiger partial charge in [0.2, 0.25) is 0 Å². The monoisotopic (exact) mass is 914 g/mol. The highest BCUT2D eigenvalue weighted by Crippen LogP contribution is 2.48. The number of fused-ring (bicyclic) bond motifs is 7. The van der Waals surface area contributed by atoms with E-state index < -0.39 is 0 Å². The van der Waals surface area contributed by atoms with E-state index in [-0.39, 0.29) is 0 Å². The minimum Gasteiger partial charge on any atom is -0.310 e. The lowest BCUT2D eigenvalue weighted by molar-refractivity contribution is 1.17. The molecule has 0 radical (unpaired) electrons. The first-order valence-electron chi connectivity index (χ1n) is 24.8. The van der Waals surface area contributed by atoms with Crippen molar-refractivity contribution in [2.75, 3.05) is 4.90 Å². The predicted molar refractivity (Wildman–Crippen MR) is 307 cm³/mol. The Morgan fingerprint density at radius 3 is 1.29 bits per heavy atom. The van der Waals surface area contributed by atoms with Gasteiger partial charge in [-0.1, -0.05) is 206 Å². The van der Waals surface area contributed by atoms with Crippen LogP contribution >= 0.6 is 0 Å². The molecule has 14 aromatic rings. The van der Waals surface area contributed by atoms with Crippen molar-refractivity contribution in [1.29, 1.82) is 0 Å². The fourth-order valence-electron chi connectivity index (χ4n) is 11.4. The molecule has 0 fully saturated rings. The van der Waals surface area contributed by atoms with E-state index in [1.54, 1.807) is 0 Å². The Hall–Kier alpha value is -9.50. The first kappa shape index (κ1) is 41.5. The Morgan fingerprint density at radius 1 is 0.250 bits per heavy atom. The maximum absolute atomic E-state index is 2.43. The molecule has 1 aromatic heterocycles. The van der Waals surface area contributed by atoms with Crippen LogP contribution < -0.4 is 4.90 Å². The minimum atomic E-state index is 1.08. The lowest BCUT2D eigenvalue weighted by Gasteiger charge is -2.28. The van der Waals surface area contributed by atoms with Crippen LogP contribution in [0, 0.1) is 0 Å². The molecule has 0 saturated heterocycles. The zero-order chi connectivity index (χ0) is 47.5. The second-order valence-electron chi connectivity index (χ2n) is 18.8. The number of benzene rings is 13. The van der Waals surface area contributed by atoms with Gasteiger partial charge < -0.3 is 9.47 Å². The zero-order valence-corrected chi connectivity index (χ0v) is 39.5. The summed E-state index contributed by atoms with van der Waals surface area (Å²) in [5.41, 5.74) is 16.6. The lowest BCUT2D eigenvalue weighted by atomic mass is 9.84. The summed E-state index contributed by atoms with van der Waals surface area (Å²) in [7, 11) is 0. The van der Waals surface area contributed by atoms with E-state index in [1.807, 2.05) is 0 Å². The van der Waals surface area contributed by atoms with Gasteiger partial charge in [-0.05, 0) is 155 Å². The molecular formula is C70H46N2. The van der Waals surface area contributed by atoms with Crippen molar-refractivity contribution < 1.29 is 0 Å². The first-order chi connectivity index (χ1) is 35.7. The van der Waals surface area contributed by atoms with Crippen LogP contribution in [0.2, 0.25) is 0 Å². The molecule has 13 aromatic carbocycles. The highest BCUT2D eigenvalue weighted by molar-refractivity contribution is 6.24. The van der Waals surface area contributed by atoms with Gasteiger partial charge in [-0.25, -0.2) is 0 Å². The van der Waals surface area contributed by atoms with Gasteiger partial charge in [0, 0.05) is 33.2 Å². The summed E-state index contributed by atoms with van der Waals surface area (Å²) in [6.45, 7) is 0. The van der Waals surface area contributed by atoms with Gasteiger partial charge in [0.05, 0.1) is 16.7 Å². The van der Waals surface area contributed by atoms with Crippen LogP contribution in [0.1, 0.15) is 0 Å². The predicted octanol–water partition coefficient (Wildman–Crippen LogP) is 19.5. The molecule has 2 heteroatoms. The average molecular weight is 915 g/mol. The first-order valence-corrected chi connectivity index (χ1v) is 24.8. The van der Waals surface area contributed by atoms with Crippen LogP contribution in [-0.4, -0.2) is 4.57 Å². The Bertz CT molecular complexity index is 4210. The van der Waals surface area contributed by atoms with E-state index in [2.05, 4.69) is 289 Å². The van der Waals surface area contributed by atoms with Crippen molar-refractivity contribution in [3.8, 4) is 50.2 Å². The van der Waals surface area contributed by atoms with Crippen LogP contribution in [0.3, 0.4) is 0 Å². The molecule has 0 aliphatic carbocycles. The summed E-state index contributed by atoms with van der Waals surface area (Å²) >= 11 is 0.